The Labute approximate surface area is 146 Å². The number of primary sulfonamides is 1. The lowest BCUT2D eigenvalue weighted by Crippen LogP contribution is -2.39. The fourth-order valence-electron chi connectivity index (χ4n) is 2.08. The molecule has 1 atom stereocenters. The first-order valence-electron chi connectivity index (χ1n) is 7.70. The maximum absolute atomic E-state index is 11.7. The van der Waals surface area contributed by atoms with E-state index >= 15 is 0 Å². The van der Waals surface area contributed by atoms with E-state index < -0.39 is 20.6 Å². The van der Waals surface area contributed by atoms with Gasteiger partial charge >= 0.3 is 0 Å². The topological polar surface area (TPSA) is 156 Å². The van der Waals surface area contributed by atoms with Crippen molar-refractivity contribution in [2.45, 2.75) is 31.2 Å². The number of likely N-dealkylation sites (N-methyl/N-ethyl adjacent to an activating group) is 1. The van der Waals surface area contributed by atoms with Gasteiger partial charge in [0.1, 0.15) is 5.69 Å². The van der Waals surface area contributed by atoms with Gasteiger partial charge in [0.15, 0.2) is 0 Å². The lowest BCUT2D eigenvalue weighted by molar-refractivity contribution is -0.384. The zero-order valence-corrected chi connectivity index (χ0v) is 14.9. The molecule has 5 N–H and O–H groups in total. The molecule has 1 aromatic carbocycles. The summed E-state index contributed by atoms with van der Waals surface area (Å²) in [5.41, 5.74) is -0.307. The van der Waals surface area contributed by atoms with Crippen molar-refractivity contribution < 1.29 is 18.1 Å². The van der Waals surface area contributed by atoms with Crippen LogP contribution >= 0.6 is 0 Å². The minimum absolute atomic E-state index is 0.117. The molecule has 0 fully saturated rings. The highest BCUT2D eigenvalue weighted by atomic mass is 32.2. The molecule has 0 spiro atoms. The van der Waals surface area contributed by atoms with Gasteiger partial charge in [-0.05, 0) is 25.6 Å². The van der Waals surface area contributed by atoms with Crippen LogP contribution in [-0.4, -0.2) is 44.9 Å². The molecule has 0 unspecified atom stereocenters. The second-order valence-corrected chi connectivity index (χ2v) is 6.98. The highest BCUT2D eigenvalue weighted by molar-refractivity contribution is 7.89. The van der Waals surface area contributed by atoms with Gasteiger partial charge in [-0.3, -0.25) is 14.9 Å². The van der Waals surface area contributed by atoms with E-state index in [1.807, 2.05) is 13.8 Å². The Kier molecular flexibility index (Phi) is 7.74. The standard InChI is InChI=1S/C14H23N5O5S/c1-3-16-10(2)9-18-14(20)6-7-17-12-5-4-11(25(15,23)24)8-13(12)19(21)22/h4-5,8,10,16-17H,3,6-7,9H2,1-2H3,(H,18,20)(H2,15,23,24)/t10-/m1/s1. The first-order chi connectivity index (χ1) is 11.6. The minimum Gasteiger partial charge on any atom is -0.379 e. The molecule has 1 aromatic rings. The number of nitrogens with zero attached hydrogens (tertiary/aromatic N) is 1. The first kappa shape index (κ1) is 20.8. The molecule has 0 saturated heterocycles. The van der Waals surface area contributed by atoms with Gasteiger partial charge in [0.2, 0.25) is 15.9 Å². The number of hydrogen-bond donors (Lipinski definition) is 4. The summed E-state index contributed by atoms with van der Waals surface area (Å²) >= 11 is 0. The van der Waals surface area contributed by atoms with Gasteiger partial charge in [-0.15, -0.1) is 0 Å². The summed E-state index contributed by atoms with van der Waals surface area (Å²) in [6.07, 6.45) is 0.118. The third-order valence-corrected chi connectivity index (χ3v) is 4.23. The average molecular weight is 373 g/mol. The van der Waals surface area contributed by atoms with Crippen LogP contribution in [0.4, 0.5) is 11.4 Å². The molecule has 25 heavy (non-hydrogen) atoms. The van der Waals surface area contributed by atoms with Crippen molar-refractivity contribution in [1.82, 2.24) is 10.6 Å². The van der Waals surface area contributed by atoms with Gasteiger partial charge in [-0.2, -0.15) is 0 Å². The molecule has 1 amide bonds. The smallest absolute Gasteiger partial charge is 0.293 e. The Hall–Kier alpha value is -2.24. The maximum atomic E-state index is 11.7. The van der Waals surface area contributed by atoms with E-state index in [1.54, 1.807) is 0 Å². The molecule has 0 heterocycles. The Morgan fingerprint density at radius 1 is 1.40 bits per heavy atom. The molecular weight excluding hydrogens is 350 g/mol. The summed E-state index contributed by atoms with van der Waals surface area (Å²) in [6, 6.07) is 3.45. The van der Waals surface area contributed by atoms with Crippen molar-refractivity contribution in [2.75, 3.05) is 25.0 Å². The maximum Gasteiger partial charge on any atom is 0.293 e. The third kappa shape index (κ3) is 7.03. The molecule has 0 aliphatic carbocycles. The van der Waals surface area contributed by atoms with Crippen LogP contribution in [0, 0.1) is 10.1 Å². The summed E-state index contributed by atoms with van der Waals surface area (Å²) in [5, 5.41) is 24.7. The molecule has 140 valence electrons. The quantitative estimate of drug-likeness (QED) is 0.336. The molecule has 0 aromatic heterocycles. The molecule has 0 aliphatic rings. The molecule has 11 heteroatoms. The summed E-state index contributed by atoms with van der Waals surface area (Å²) in [7, 11) is -4.03. The van der Waals surface area contributed by atoms with E-state index in [-0.39, 0.29) is 35.5 Å². The van der Waals surface area contributed by atoms with Crippen molar-refractivity contribution in [2.24, 2.45) is 5.14 Å². The van der Waals surface area contributed by atoms with Gasteiger partial charge < -0.3 is 16.0 Å². The average Bonchev–Trinajstić information content (AvgIpc) is 2.52. The van der Waals surface area contributed by atoms with Crippen LogP contribution in [0.25, 0.3) is 0 Å². The van der Waals surface area contributed by atoms with Gasteiger partial charge in [-0.25, -0.2) is 13.6 Å². The summed E-state index contributed by atoms with van der Waals surface area (Å²) < 4.78 is 22.5. The number of nitrogens with two attached hydrogens (primary N) is 1. The molecule has 10 nitrogen and oxygen atoms in total. The number of anilines is 1. The lowest BCUT2D eigenvalue weighted by Gasteiger charge is -2.13. The minimum atomic E-state index is -4.03. The summed E-state index contributed by atoms with van der Waals surface area (Å²) in [6.45, 7) is 5.36. The van der Waals surface area contributed by atoms with E-state index in [0.717, 1.165) is 12.6 Å². The van der Waals surface area contributed by atoms with Crippen molar-refractivity contribution in [1.29, 1.82) is 0 Å². The molecule has 0 radical (unpaired) electrons. The lowest BCUT2D eigenvalue weighted by atomic mass is 10.2. The van der Waals surface area contributed by atoms with Crippen molar-refractivity contribution >= 4 is 27.3 Å². The van der Waals surface area contributed by atoms with E-state index in [9.17, 15) is 23.3 Å². The van der Waals surface area contributed by atoms with Crippen LogP contribution in [0.1, 0.15) is 20.3 Å². The van der Waals surface area contributed by atoms with Crippen LogP contribution in [0.15, 0.2) is 23.1 Å². The van der Waals surface area contributed by atoms with E-state index in [4.69, 9.17) is 5.14 Å². The van der Waals surface area contributed by atoms with Gasteiger partial charge in [0, 0.05) is 31.6 Å². The van der Waals surface area contributed by atoms with Gasteiger partial charge in [0.25, 0.3) is 5.69 Å². The fourth-order valence-corrected chi connectivity index (χ4v) is 2.61. The van der Waals surface area contributed by atoms with E-state index in [2.05, 4.69) is 16.0 Å². The molecule has 0 saturated carbocycles. The monoisotopic (exact) mass is 373 g/mol. The molecule has 0 bridgehead atoms. The number of sulfonamides is 1. The first-order valence-corrected chi connectivity index (χ1v) is 9.25. The predicted molar refractivity (Wildman–Crippen MR) is 93.7 cm³/mol. The number of carbonyl (C=O) groups excluding carboxylic acids is 1. The van der Waals surface area contributed by atoms with Crippen LogP contribution in [0.2, 0.25) is 0 Å². The van der Waals surface area contributed by atoms with Crippen LogP contribution < -0.4 is 21.1 Å². The Morgan fingerprint density at radius 2 is 2.08 bits per heavy atom. The number of nitro groups is 1. The second kappa shape index (κ2) is 9.30. The highest BCUT2D eigenvalue weighted by Gasteiger charge is 2.19. The number of benzene rings is 1. The number of carbonyl (C=O) groups is 1. The van der Waals surface area contributed by atoms with Gasteiger partial charge in [0.05, 0.1) is 9.82 Å². The summed E-state index contributed by atoms with van der Waals surface area (Å²) in [4.78, 5) is 21.8. The Balaban J connectivity index is 2.62. The number of rotatable bonds is 10. The summed E-state index contributed by atoms with van der Waals surface area (Å²) in [5.74, 6) is -0.193. The van der Waals surface area contributed by atoms with Crippen LogP contribution in [-0.2, 0) is 14.8 Å². The second-order valence-electron chi connectivity index (χ2n) is 5.42. The largest absolute Gasteiger partial charge is 0.379 e. The molecule has 1 rings (SSSR count). The van der Waals surface area contributed by atoms with E-state index in [1.165, 1.54) is 12.1 Å². The van der Waals surface area contributed by atoms with Crippen molar-refractivity contribution in [3.8, 4) is 0 Å². The normalized spacial score (nSPS) is 12.4. The van der Waals surface area contributed by atoms with Crippen molar-refractivity contribution in [3.05, 3.63) is 28.3 Å². The van der Waals surface area contributed by atoms with Crippen LogP contribution in [0.3, 0.4) is 0 Å². The number of nitrogens with one attached hydrogen (secondary N) is 3. The van der Waals surface area contributed by atoms with Crippen LogP contribution in [0.5, 0.6) is 0 Å². The SMILES string of the molecule is CCN[C@H](C)CNC(=O)CCNc1ccc(S(N)(=O)=O)cc1[N+](=O)[O-]. The third-order valence-electron chi connectivity index (χ3n) is 3.32. The number of amides is 1. The fraction of sp³-hybridized carbons (Fsp3) is 0.500. The number of nitro benzene ring substituents is 1. The zero-order valence-electron chi connectivity index (χ0n) is 14.1. The van der Waals surface area contributed by atoms with Crippen molar-refractivity contribution in [3.63, 3.8) is 0 Å². The predicted octanol–water partition coefficient (Wildman–Crippen LogP) is 0.158. The van der Waals surface area contributed by atoms with E-state index in [0.29, 0.717) is 6.54 Å². The zero-order chi connectivity index (χ0) is 19.0. The number of hydrogen-bond acceptors (Lipinski definition) is 7. The Morgan fingerprint density at radius 3 is 2.64 bits per heavy atom. The molecular formula is C14H23N5O5S. The van der Waals surface area contributed by atoms with Gasteiger partial charge in [-0.1, -0.05) is 6.92 Å². The molecule has 0 aliphatic heterocycles. The highest BCUT2D eigenvalue weighted by Crippen LogP contribution is 2.27. The Bertz CT molecular complexity index is 722.